The van der Waals surface area contributed by atoms with Crippen molar-refractivity contribution >= 4 is 0 Å². The molecule has 0 unspecified atom stereocenters. The van der Waals surface area contributed by atoms with Gasteiger partial charge in [0.05, 0.1) is 0 Å². The van der Waals surface area contributed by atoms with Crippen molar-refractivity contribution < 1.29 is 22.0 Å². The molecule has 0 heterocycles. The van der Waals surface area contributed by atoms with E-state index in [4.69, 9.17) is 0 Å². The molecule has 0 atom stereocenters. The Morgan fingerprint density at radius 1 is 1.00 bits per heavy atom. The molecule has 0 aromatic rings. The predicted molar refractivity (Wildman–Crippen MR) is 41.8 cm³/mol. The zero-order valence-electron chi connectivity index (χ0n) is 8.17. The lowest BCUT2D eigenvalue weighted by Gasteiger charge is -2.12. The second kappa shape index (κ2) is 5.40. The molecular formula is C8H15F5. The number of hydrogen-bond acceptors (Lipinski definition) is 0. The number of hydrogen-bond donors (Lipinski definition) is 0. The highest BCUT2D eigenvalue weighted by Gasteiger charge is 2.52. The van der Waals surface area contributed by atoms with Crippen LogP contribution in [-0.4, -0.2) is 12.1 Å². The second-order valence-corrected chi connectivity index (χ2v) is 3.19. The third-order valence-electron chi connectivity index (χ3n) is 1.31. The lowest BCUT2D eigenvalue weighted by molar-refractivity contribution is -0.273. The molecule has 0 rings (SSSR count). The monoisotopic (exact) mass is 206 g/mol. The molecule has 0 spiro atoms. The van der Waals surface area contributed by atoms with Crippen molar-refractivity contribution in [3.05, 3.63) is 0 Å². The Kier molecular flexibility index (Phi) is 6.28. The Hall–Kier alpha value is -0.350. The Labute approximate surface area is 75.1 Å². The van der Waals surface area contributed by atoms with E-state index in [1.54, 1.807) is 0 Å². The highest BCUT2D eigenvalue weighted by Crippen LogP contribution is 2.34. The molecular weight excluding hydrogens is 191 g/mol. The van der Waals surface area contributed by atoms with E-state index in [-0.39, 0.29) is 6.92 Å². The van der Waals surface area contributed by atoms with Crippen molar-refractivity contribution in [2.75, 3.05) is 0 Å². The fraction of sp³-hybridized carbons (Fsp3) is 1.00. The lowest BCUT2D eigenvalue weighted by Crippen LogP contribution is -2.32. The van der Waals surface area contributed by atoms with Crippen molar-refractivity contribution in [1.29, 1.82) is 0 Å². The van der Waals surface area contributed by atoms with Crippen molar-refractivity contribution in [1.82, 2.24) is 0 Å². The minimum absolute atomic E-state index is 0.188. The average Bonchev–Trinajstić information content (AvgIpc) is 1.84. The van der Waals surface area contributed by atoms with Gasteiger partial charge in [-0.3, -0.25) is 0 Å². The summed E-state index contributed by atoms with van der Waals surface area (Å²) in [6.07, 6.45) is -4.09. The Morgan fingerprint density at radius 2 is 1.15 bits per heavy atom. The van der Waals surface area contributed by atoms with Crippen LogP contribution >= 0.6 is 0 Å². The molecule has 0 aliphatic heterocycles. The summed E-state index contributed by atoms with van der Waals surface area (Å²) >= 11 is 0. The second-order valence-electron chi connectivity index (χ2n) is 3.19. The number of alkyl halides is 5. The van der Waals surface area contributed by atoms with Crippen LogP contribution in [0, 0.1) is 5.92 Å². The highest BCUT2D eigenvalue weighted by atomic mass is 19.4. The summed E-state index contributed by atoms with van der Waals surface area (Å²) in [5.41, 5.74) is 0. The van der Waals surface area contributed by atoms with Crippen LogP contribution in [0.2, 0.25) is 0 Å². The first-order valence-electron chi connectivity index (χ1n) is 3.96. The van der Waals surface area contributed by atoms with Crippen LogP contribution in [0.4, 0.5) is 22.0 Å². The summed E-state index contributed by atoms with van der Waals surface area (Å²) in [5.74, 6) is -3.68. The fourth-order valence-corrected chi connectivity index (χ4v) is 0. The fourth-order valence-electron chi connectivity index (χ4n) is 0. The third-order valence-corrected chi connectivity index (χ3v) is 1.31. The van der Waals surface area contributed by atoms with Crippen LogP contribution in [0.25, 0.3) is 0 Å². The summed E-state index contributed by atoms with van der Waals surface area (Å²) in [7, 11) is 0. The minimum Gasteiger partial charge on any atom is -0.197 e. The van der Waals surface area contributed by atoms with E-state index in [9.17, 15) is 22.0 Å². The summed E-state index contributed by atoms with van der Waals surface area (Å²) in [6.45, 7) is 6.46. The standard InChI is InChI=1S/C5H12.C3H3F5/c1-4-5(2)3;1-2(4,5)3(6,7)8/h5H,4H2,1-3H3;1H3. The van der Waals surface area contributed by atoms with E-state index in [2.05, 4.69) is 20.8 Å². The maximum absolute atomic E-state index is 11.1. The first kappa shape index (κ1) is 15.1. The van der Waals surface area contributed by atoms with Crippen molar-refractivity contribution in [3.63, 3.8) is 0 Å². The van der Waals surface area contributed by atoms with Gasteiger partial charge in [-0.1, -0.05) is 27.2 Å². The largest absolute Gasteiger partial charge is 0.452 e. The van der Waals surface area contributed by atoms with E-state index < -0.39 is 12.1 Å². The molecule has 0 aliphatic rings. The lowest BCUT2D eigenvalue weighted by atomic mass is 10.2. The Balaban J connectivity index is 0. The van der Waals surface area contributed by atoms with Gasteiger partial charge in [0.25, 0.3) is 0 Å². The summed E-state index contributed by atoms with van der Waals surface area (Å²) in [5, 5.41) is 0. The van der Waals surface area contributed by atoms with Gasteiger partial charge in [0, 0.05) is 6.92 Å². The molecule has 0 N–H and O–H groups in total. The summed E-state index contributed by atoms with van der Waals surface area (Å²) in [4.78, 5) is 0. The molecule has 0 aliphatic carbocycles. The van der Waals surface area contributed by atoms with Gasteiger partial charge in [-0.2, -0.15) is 22.0 Å². The maximum atomic E-state index is 11.1. The molecule has 0 fully saturated rings. The normalized spacial score (nSPS) is 12.5. The van der Waals surface area contributed by atoms with Gasteiger partial charge in [-0.25, -0.2) is 0 Å². The van der Waals surface area contributed by atoms with Crippen LogP contribution in [0.3, 0.4) is 0 Å². The molecule has 0 aromatic heterocycles. The molecule has 0 bridgehead atoms. The quantitative estimate of drug-likeness (QED) is 0.562. The van der Waals surface area contributed by atoms with Crippen LogP contribution in [0.15, 0.2) is 0 Å². The number of halogens is 5. The van der Waals surface area contributed by atoms with Gasteiger partial charge in [0.2, 0.25) is 0 Å². The maximum Gasteiger partial charge on any atom is 0.452 e. The molecule has 82 valence electrons. The molecule has 0 nitrogen and oxygen atoms in total. The molecule has 0 amide bonds. The first-order chi connectivity index (χ1) is 5.52. The predicted octanol–water partition coefficient (Wildman–Crippen LogP) is 4.26. The average molecular weight is 206 g/mol. The van der Waals surface area contributed by atoms with Crippen LogP contribution < -0.4 is 0 Å². The molecule has 0 aromatic carbocycles. The zero-order chi connectivity index (χ0) is 11.3. The van der Waals surface area contributed by atoms with Crippen molar-refractivity contribution in [2.24, 2.45) is 5.92 Å². The molecule has 5 heteroatoms. The van der Waals surface area contributed by atoms with E-state index >= 15 is 0 Å². The van der Waals surface area contributed by atoms with Crippen LogP contribution in [0.5, 0.6) is 0 Å². The molecule has 0 radical (unpaired) electrons. The third kappa shape index (κ3) is 9.56. The Morgan fingerprint density at radius 3 is 1.15 bits per heavy atom. The SMILES string of the molecule is CC(F)(F)C(F)(F)F.CCC(C)C. The molecule has 13 heavy (non-hydrogen) atoms. The van der Waals surface area contributed by atoms with Crippen LogP contribution in [0.1, 0.15) is 34.1 Å². The number of rotatable bonds is 1. The van der Waals surface area contributed by atoms with Crippen molar-refractivity contribution in [2.45, 2.75) is 46.2 Å². The topological polar surface area (TPSA) is 0 Å². The van der Waals surface area contributed by atoms with Gasteiger partial charge in [0.1, 0.15) is 0 Å². The molecule has 0 saturated carbocycles. The van der Waals surface area contributed by atoms with Gasteiger partial charge >= 0.3 is 12.1 Å². The van der Waals surface area contributed by atoms with E-state index in [1.807, 2.05) is 0 Å². The minimum atomic E-state index is -5.40. The van der Waals surface area contributed by atoms with Gasteiger partial charge in [-0.15, -0.1) is 0 Å². The smallest absolute Gasteiger partial charge is 0.197 e. The zero-order valence-corrected chi connectivity index (χ0v) is 8.17. The van der Waals surface area contributed by atoms with E-state index in [0.717, 1.165) is 5.92 Å². The van der Waals surface area contributed by atoms with E-state index in [1.165, 1.54) is 6.42 Å². The van der Waals surface area contributed by atoms with Gasteiger partial charge in [0.15, 0.2) is 0 Å². The van der Waals surface area contributed by atoms with E-state index in [0.29, 0.717) is 0 Å². The molecule has 0 saturated heterocycles. The first-order valence-corrected chi connectivity index (χ1v) is 3.96. The Bertz CT molecular complexity index is 107. The summed E-state index contributed by atoms with van der Waals surface area (Å²) < 4.78 is 54.6. The highest BCUT2D eigenvalue weighted by molar-refractivity contribution is 4.67. The summed E-state index contributed by atoms with van der Waals surface area (Å²) in [6, 6.07) is 0. The van der Waals surface area contributed by atoms with Gasteiger partial charge in [-0.05, 0) is 5.92 Å². The van der Waals surface area contributed by atoms with Crippen LogP contribution in [-0.2, 0) is 0 Å². The van der Waals surface area contributed by atoms with Crippen molar-refractivity contribution in [3.8, 4) is 0 Å². The van der Waals surface area contributed by atoms with Gasteiger partial charge < -0.3 is 0 Å².